The molecule has 324 valence electrons. The number of hydrogen-bond acceptors (Lipinski definition) is 3. The minimum atomic E-state index is -0.237. The average molecular weight is 873 g/mol. The Morgan fingerprint density at radius 3 is 1.89 bits per heavy atom. The molecule has 4 heteroatoms. The number of benzene rings is 8. The van der Waals surface area contributed by atoms with E-state index in [1.807, 2.05) is 11.8 Å². The van der Waals surface area contributed by atoms with Gasteiger partial charge in [-0.05, 0) is 152 Å². The molecular formula is C62H57BN2S. The lowest BCUT2D eigenvalue weighted by molar-refractivity contribution is 0.607. The standard InChI is InChI=1S/C62H57BN2S/c1-7-9-18-40-26-31-44(32-27-40)64-54-35-28-41(19-10-8-2)36-53(54)63-59-49(37-48-46-22-14-15-23-50(46)62(5,6)58(48)60(59)64)47-38-52-57(66-56-25-17-16-24-51(56)61(52,3)4)39-55(47)65(63)45-33-29-43(30-34-45)42-20-12-11-13-21-42/h11-17,20-39H,7-10,18-19H2,1-6H3. The monoisotopic (exact) mass is 872 g/mol. The van der Waals surface area contributed by atoms with Gasteiger partial charge in [-0.3, -0.25) is 0 Å². The highest BCUT2D eigenvalue weighted by atomic mass is 32.2. The van der Waals surface area contributed by atoms with Crippen LogP contribution in [0.1, 0.15) is 101 Å². The van der Waals surface area contributed by atoms with E-state index in [4.69, 9.17) is 0 Å². The summed E-state index contributed by atoms with van der Waals surface area (Å²) in [4.78, 5) is 8.11. The highest BCUT2D eigenvalue weighted by Crippen LogP contribution is 2.59. The molecule has 0 spiro atoms. The van der Waals surface area contributed by atoms with Crippen LogP contribution < -0.4 is 20.6 Å². The zero-order chi connectivity index (χ0) is 44.9. The van der Waals surface area contributed by atoms with Gasteiger partial charge in [-0.15, -0.1) is 0 Å². The van der Waals surface area contributed by atoms with E-state index in [2.05, 4.69) is 215 Å². The minimum Gasteiger partial charge on any atom is -0.376 e. The quantitative estimate of drug-likeness (QED) is 0.133. The Balaban J connectivity index is 1.20. The molecule has 8 aromatic carbocycles. The van der Waals surface area contributed by atoms with Crippen molar-refractivity contribution in [2.75, 3.05) is 9.71 Å². The van der Waals surface area contributed by atoms with Crippen molar-refractivity contribution in [1.82, 2.24) is 0 Å². The molecular weight excluding hydrogens is 816 g/mol. The van der Waals surface area contributed by atoms with Crippen LogP contribution in [0.5, 0.6) is 0 Å². The fourth-order valence-corrected chi connectivity index (χ4v) is 13.4. The largest absolute Gasteiger partial charge is 0.376 e. The number of hydrogen-bond donors (Lipinski definition) is 0. The molecule has 0 N–H and O–H groups in total. The lowest BCUT2D eigenvalue weighted by atomic mass is 9.42. The molecule has 4 aliphatic rings. The maximum Gasteiger partial charge on any atom is 0.333 e. The van der Waals surface area contributed by atoms with Crippen LogP contribution in [0.15, 0.2) is 174 Å². The van der Waals surface area contributed by atoms with Gasteiger partial charge in [-0.1, -0.05) is 175 Å². The van der Waals surface area contributed by atoms with Crippen LogP contribution in [0.3, 0.4) is 0 Å². The van der Waals surface area contributed by atoms with Crippen LogP contribution in [-0.4, -0.2) is 6.85 Å². The maximum absolute atomic E-state index is 2.74. The van der Waals surface area contributed by atoms with Crippen LogP contribution in [0.25, 0.3) is 33.4 Å². The molecule has 3 aliphatic heterocycles. The third-order valence-corrected chi connectivity index (χ3v) is 16.6. The van der Waals surface area contributed by atoms with Crippen LogP contribution in [0.2, 0.25) is 0 Å². The Bertz CT molecular complexity index is 3200. The SMILES string of the molecule is CCCCc1ccc(N2c3ccc(CCCC)cc3B3c4c(cc5c(c42)C(C)(C)c2ccccc2-5)-c2cc4c(cc2N3c2ccc(-c3ccccc3)cc2)Sc2ccccc2C4(C)C)cc1. The minimum absolute atomic E-state index is 0.0709. The van der Waals surface area contributed by atoms with Gasteiger partial charge in [0.15, 0.2) is 0 Å². The maximum atomic E-state index is 2.74. The predicted molar refractivity (Wildman–Crippen MR) is 283 cm³/mol. The summed E-state index contributed by atoms with van der Waals surface area (Å²) in [7, 11) is 0. The van der Waals surface area contributed by atoms with Crippen LogP contribution in [0, 0.1) is 0 Å². The molecule has 0 atom stereocenters. The number of fused-ring (bicyclic) bond motifs is 10. The van der Waals surface area contributed by atoms with E-state index in [1.54, 1.807) is 0 Å². The smallest absolute Gasteiger partial charge is 0.333 e. The van der Waals surface area contributed by atoms with Gasteiger partial charge in [0.2, 0.25) is 0 Å². The van der Waals surface area contributed by atoms with Crippen molar-refractivity contribution in [2.24, 2.45) is 0 Å². The third kappa shape index (κ3) is 6.24. The summed E-state index contributed by atoms with van der Waals surface area (Å²) in [6, 6.07) is 63.4. The first-order valence-electron chi connectivity index (χ1n) is 24.4. The zero-order valence-electron chi connectivity index (χ0n) is 39.2. The number of rotatable bonds is 9. The molecule has 0 bridgehead atoms. The van der Waals surface area contributed by atoms with Gasteiger partial charge >= 0.3 is 6.85 Å². The van der Waals surface area contributed by atoms with E-state index in [-0.39, 0.29) is 17.7 Å². The second-order valence-corrected chi connectivity index (χ2v) is 21.2. The summed E-state index contributed by atoms with van der Waals surface area (Å²) in [5.41, 5.74) is 25.0. The Labute approximate surface area is 396 Å². The number of anilines is 5. The Morgan fingerprint density at radius 1 is 0.485 bits per heavy atom. The Morgan fingerprint density at radius 2 is 1.14 bits per heavy atom. The lowest BCUT2D eigenvalue weighted by Crippen LogP contribution is -2.62. The molecule has 1 aliphatic carbocycles. The van der Waals surface area contributed by atoms with Crippen molar-refractivity contribution in [3.63, 3.8) is 0 Å². The number of nitrogens with zero attached hydrogens (tertiary/aromatic N) is 2. The number of aryl methyl sites for hydroxylation is 2. The molecule has 8 aromatic rings. The van der Waals surface area contributed by atoms with Crippen LogP contribution in [0.4, 0.5) is 28.4 Å². The molecule has 3 heterocycles. The van der Waals surface area contributed by atoms with Gasteiger partial charge in [0.25, 0.3) is 0 Å². The average Bonchev–Trinajstić information content (AvgIpc) is 3.58. The lowest BCUT2D eigenvalue weighted by Gasteiger charge is -2.48. The van der Waals surface area contributed by atoms with E-state index >= 15 is 0 Å². The predicted octanol–water partition coefficient (Wildman–Crippen LogP) is 15.8. The van der Waals surface area contributed by atoms with Gasteiger partial charge in [-0.25, -0.2) is 0 Å². The fraction of sp³-hybridized carbons (Fsp3) is 0.226. The van der Waals surface area contributed by atoms with Crippen molar-refractivity contribution in [1.29, 1.82) is 0 Å². The first kappa shape index (κ1) is 41.2. The Hall–Kier alpha value is -6.23. The molecule has 0 radical (unpaired) electrons. The van der Waals surface area contributed by atoms with Gasteiger partial charge in [0, 0.05) is 54.6 Å². The summed E-state index contributed by atoms with van der Waals surface area (Å²) in [6.07, 6.45) is 6.90. The molecule has 0 unspecified atom stereocenters. The molecule has 0 aromatic heterocycles. The highest BCUT2D eigenvalue weighted by Gasteiger charge is 2.51. The molecule has 0 fully saturated rings. The zero-order valence-corrected chi connectivity index (χ0v) is 40.0. The summed E-state index contributed by atoms with van der Waals surface area (Å²) in [5.74, 6) is 0. The van der Waals surface area contributed by atoms with Crippen molar-refractivity contribution in [3.05, 3.63) is 197 Å². The van der Waals surface area contributed by atoms with Crippen molar-refractivity contribution in [3.8, 4) is 33.4 Å². The van der Waals surface area contributed by atoms with Crippen molar-refractivity contribution >= 4 is 58.0 Å². The second kappa shape index (κ2) is 15.7. The molecule has 66 heavy (non-hydrogen) atoms. The molecule has 0 saturated carbocycles. The van der Waals surface area contributed by atoms with Crippen molar-refractivity contribution < 1.29 is 0 Å². The first-order chi connectivity index (χ1) is 32.2. The summed E-state index contributed by atoms with van der Waals surface area (Å²) >= 11 is 1.94. The van der Waals surface area contributed by atoms with Crippen molar-refractivity contribution in [2.45, 2.75) is 101 Å². The Kier molecular flexibility index (Phi) is 9.81. The van der Waals surface area contributed by atoms with Crippen LogP contribution in [-0.2, 0) is 23.7 Å². The van der Waals surface area contributed by atoms with E-state index in [1.165, 1.54) is 142 Å². The third-order valence-electron chi connectivity index (χ3n) is 15.4. The molecule has 0 amide bonds. The van der Waals surface area contributed by atoms with Gasteiger partial charge < -0.3 is 9.71 Å². The topological polar surface area (TPSA) is 6.48 Å². The van der Waals surface area contributed by atoms with Gasteiger partial charge in [0.1, 0.15) is 0 Å². The van der Waals surface area contributed by atoms with E-state index in [9.17, 15) is 0 Å². The van der Waals surface area contributed by atoms with Crippen LogP contribution >= 0.6 is 11.8 Å². The summed E-state index contributed by atoms with van der Waals surface area (Å²) < 4.78 is 0. The molecule has 12 rings (SSSR count). The fourth-order valence-electron chi connectivity index (χ4n) is 12.0. The summed E-state index contributed by atoms with van der Waals surface area (Å²) in [6.45, 7) is 14.3. The number of unbranched alkanes of at least 4 members (excludes halogenated alkanes) is 2. The normalized spacial score (nSPS) is 15.3. The van der Waals surface area contributed by atoms with Gasteiger partial charge in [0.05, 0.1) is 0 Å². The summed E-state index contributed by atoms with van der Waals surface area (Å²) in [5, 5.41) is 0. The second-order valence-electron chi connectivity index (χ2n) is 20.2. The molecule has 2 nitrogen and oxygen atoms in total. The van der Waals surface area contributed by atoms with E-state index in [0.29, 0.717) is 0 Å². The van der Waals surface area contributed by atoms with E-state index < -0.39 is 0 Å². The van der Waals surface area contributed by atoms with E-state index in [0.717, 1.165) is 12.8 Å². The first-order valence-corrected chi connectivity index (χ1v) is 25.2. The highest BCUT2D eigenvalue weighted by molar-refractivity contribution is 7.99. The van der Waals surface area contributed by atoms with Gasteiger partial charge in [-0.2, -0.15) is 0 Å². The molecule has 0 saturated heterocycles.